The fraction of sp³-hybridized carbons (Fsp3) is 0.421. The zero-order valence-electron chi connectivity index (χ0n) is 14.6. The third-order valence-electron chi connectivity index (χ3n) is 5.29. The molecule has 4 heterocycles. The molecule has 136 valence electrons. The van der Waals surface area contributed by atoms with Crippen LogP contribution in [0.25, 0.3) is 0 Å². The van der Waals surface area contributed by atoms with Crippen LogP contribution in [-0.4, -0.2) is 35.7 Å². The molecule has 2 aromatic heterocycles. The van der Waals surface area contributed by atoms with Crippen LogP contribution in [0.5, 0.6) is 5.88 Å². The van der Waals surface area contributed by atoms with E-state index in [0.29, 0.717) is 12.4 Å². The standard InChI is InChI=1S/C19H22N4O3/c1-26-16-6-5-12(8-21-16)9-22-19(25)18-14-7-13(10-20-11-14)15-3-2-4-17(24)23(15)18/h2-6,8,13-14,18,20H,7,9-11H2,1H3,(H,22,25)/t13-,14+,18-/m1/s1. The van der Waals surface area contributed by atoms with Crippen LogP contribution in [0, 0.1) is 5.92 Å². The summed E-state index contributed by atoms with van der Waals surface area (Å²) in [5.74, 6) is 0.822. The van der Waals surface area contributed by atoms with Gasteiger partial charge in [-0.25, -0.2) is 4.98 Å². The molecule has 4 rings (SSSR count). The van der Waals surface area contributed by atoms with Gasteiger partial charge in [-0.15, -0.1) is 0 Å². The van der Waals surface area contributed by atoms with E-state index in [-0.39, 0.29) is 23.3 Å². The molecule has 0 aliphatic carbocycles. The number of piperidine rings is 1. The normalized spacial score (nSPS) is 23.8. The van der Waals surface area contributed by atoms with Crippen molar-refractivity contribution in [3.63, 3.8) is 0 Å². The predicted octanol–water partition coefficient (Wildman–Crippen LogP) is 0.816. The molecule has 1 saturated heterocycles. The van der Waals surface area contributed by atoms with Gasteiger partial charge in [0, 0.05) is 55.5 Å². The number of pyridine rings is 2. The lowest BCUT2D eigenvalue weighted by molar-refractivity contribution is -0.127. The van der Waals surface area contributed by atoms with Crippen molar-refractivity contribution in [3.8, 4) is 5.88 Å². The van der Waals surface area contributed by atoms with Gasteiger partial charge < -0.3 is 15.4 Å². The SMILES string of the molecule is COc1ccc(CNC(=O)[C@H]2[C@@H]3CNC[C@@H](C3)c3cccc(=O)n32)cn1. The molecule has 2 aliphatic rings. The molecule has 3 atom stereocenters. The number of fused-ring (bicyclic) bond motifs is 4. The molecular weight excluding hydrogens is 332 g/mol. The average molecular weight is 354 g/mol. The molecule has 26 heavy (non-hydrogen) atoms. The first-order valence-corrected chi connectivity index (χ1v) is 8.86. The van der Waals surface area contributed by atoms with E-state index in [0.717, 1.165) is 30.8 Å². The van der Waals surface area contributed by atoms with Gasteiger partial charge in [0.2, 0.25) is 11.8 Å². The Labute approximate surface area is 151 Å². The van der Waals surface area contributed by atoms with Crippen LogP contribution in [0.1, 0.15) is 29.6 Å². The Balaban J connectivity index is 1.56. The molecule has 7 nitrogen and oxygen atoms in total. The molecule has 0 saturated carbocycles. The first kappa shape index (κ1) is 16.8. The highest BCUT2D eigenvalue weighted by atomic mass is 16.5. The Morgan fingerprint density at radius 2 is 2.23 bits per heavy atom. The van der Waals surface area contributed by atoms with Gasteiger partial charge in [0.1, 0.15) is 6.04 Å². The lowest BCUT2D eigenvalue weighted by atomic mass is 9.79. The second-order valence-corrected chi connectivity index (χ2v) is 6.88. The van der Waals surface area contributed by atoms with E-state index in [1.165, 1.54) is 6.07 Å². The minimum atomic E-state index is -0.478. The molecular formula is C19H22N4O3. The number of rotatable bonds is 4. The molecule has 1 fully saturated rings. The molecule has 2 aliphatic heterocycles. The number of hydrogen-bond donors (Lipinski definition) is 2. The van der Waals surface area contributed by atoms with Gasteiger partial charge >= 0.3 is 0 Å². The van der Waals surface area contributed by atoms with Crippen LogP contribution in [0.3, 0.4) is 0 Å². The summed E-state index contributed by atoms with van der Waals surface area (Å²) in [6, 6.07) is 8.42. The van der Waals surface area contributed by atoms with E-state index < -0.39 is 6.04 Å². The van der Waals surface area contributed by atoms with Crippen molar-refractivity contribution in [3.05, 3.63) is 58.1 Å². The van der Waals surface area contributed by atoms with Crippen LogP contribution >= 0.6 is 0 Å². The Kier molecular flexibility index (Phi) is 4.46. The average Bonchev–Trinajstić information content (AvgIpc) is 2.68. The summed E-state index contributed by atoms with van der Waals surface area (Å²) in [5.41, 5.74) is 1.73. The van der Waals surface area contributed by atoms with Crippen LogP contribution in [0.4, 0.5) is 0 Å². The maximum absolute atomic E-state index is 13.0. The summed E-state index contributed by atoms with van der Waals surface area (Å²) < 4.78 is 6.74. The molecule has 1 amide bonds. The Bertz CT molecular complexity index is 862. The predicted molar refractivity (Wildman–Crippen MR) is 96.1 cm³/mol. The number of methoxy groups -OCH3 is 1. The van der Waals surface area contributed by atoms with Gasteiger partial charge in [-0.1, -0.05) is 12.1 Å². The molecule has 2 aromatic rings. The van der Waals surface area contributed by atoms with Crippen LogP contribution in [0.2, 0.25) is 0 Å². The van der Waals surface area contributed by atoms with Gasteiger partial charge in [0.15, 0.2) is 0 Å². The highest BCUT2D eigenvalue weighted by Crippen LogP contribution is 2.38. The third kappa shape index (κ3) is 2.99. The minimum Gasteiger partial charge on any atom is -0.481 e. The quantitative estimate of drug-likeness (QED) is 0.849. The van der Waals surface area contributed by atoms with Crippen molar-refractivity contribution >= 4 is 5.91 Å². The third-order valence-corrected chi connectivity index (χ3v) is 5.29. The summed E-state index contributed by atoms with van der Waals surface area (Å²) in [4.78, 5) is 29.6. The lowest BCUT2D eigenvalue weighted by Gasteiger charge is -2.42. The van der Waals surface area contributed by atoms with E-state index in [2.05, 4.69) is 15.6 Å². The van der Waals surface area contributed by atoms with E-state index >= 15 is 0 Å². The molecule has 7 heteroatoms. The van der Waals surface area contributed by atoms with Crippen LogP contribution in [0.15, 0.2) is 41.3 Å². The maximum Gasteiger partial charge on any atom is 0.251 e. The number of amides is 1. The number of nitrogens with one attached hydrogen (secondary N) is 2. The van der Waals surface area contributed by atoms with Gasteiger partial charge in [-0.2, -0.15) is 0 Å². The highest BCUT2D eigenvalue weighted by Gasteiger charge is 2.41. The summed E-state index contributed by atoms with van der Waals surface area (Å²) in [5, 5.41) is 6.37. The van der Waals surface area contributed by atoms with Crippen molar-refractivity contribution in [2.24, 2.45) is 5.92 Å². The van der Waals surface area contributed by atoms with Gasteiger partial charge in [0.25, 0.3) is 5.56 Å². The number of ether oxygens (including phenoxy) is 1. The Hall–Kier alpha value is -2.67. The first-order valence-electron chi connectivity index (χ1n) is 8.86. The summed E-state index contributed by atoms with van der Waals surface area (Å²) in [6.45, 7) is 1.97. The van der Waals surface area contributed by atoms with E-state index in [1.54, 1.807) is 30.0 Å². The molecule has 0 spiro atoms. The van der Waals surface area contributed by atoms with Crippen molar-refractivity contribution < 1.29 is 9.53 Å². The largest absolute Gasteiger partial charge is 0.481 e. The minimum absolute atomic E-state index is 0.106. The summed E-state index contributed by atoms with van der Waals surface area (Å²) in [6.07, 6.45) is 2.61. The molecule has 2 N–H and O–H groups in total. The lowest BCUT2D eigenvalue weighted by Crippen LogP contribution is -2.52. The van der Waals surface area contributed by atoms with Crippen molar-refractivity contribution in [2.45, 2.75) is 24.9 Å². The zero-order chi connectivity index (χ0) is 18.1. The van der Waals surface area contributed by atoms with Crippen molar-refractivity contribution in [2.75, 3.05) is 20.2 Å². The molecule has 2 bridgehead atoms. The van der Waals surface area contributed by atoms with Crippen molar-refractivity contribution in [1.29, 1.82) is 0 Å². The number of carbonyl (C=O) groups excluding carboxylic acids is 1. The summed E-state index contributed by atoms with van der Waals surface area (Å²) >= 11 is 0. The van der Waals surface area contributed by atoms with Gasteiger partial charge in [0.05, 0.1) is 7.11 Å². The zero-order valence-corrected chi connectivity index (χ0v) is 14.6. The molecule has 0 radical (unpaired) electrons. The monoisotopic (exact) mass is 354 g/mol. The smallest absolute Gasteiger partial charge is 0.251 e. The molecule has 0 unspecified atom stereocenters. The molecule has 0 aromatic carbocycles. The Morgan fingerprint density at radius 1 is 1.35 bits per heavy atom. The number of nitrogens with zero attached hydrogens (tertiary/aromatic N) is 2. The highest BCUT2D eigenvalue weighted by molar-refractivity contribution is 5.81. The van der Waals surface area contributed by atoms with Crippen LogP contribution in [-0.2, 0) is 11.3 Å². The van der Waals surface area contributed by atoms with Gasteiger partial charge in [-0.05, 0) is 18.1 Å². The van der Waals surface area contributed by atoms with Crippen molar-refractivity contribution in [1.82, 2.24) is 20.2 Å². The number of hydrogen-bond acceptors (Lipinski definition) is 5. The number of aromatic nitrogens is 2. The fourth-order valence-corrected chi connectivity index (χ4v) is 4.06. The van der Waals surface area contributed by atoms with Gasteiger partial charge in [-0.3, -0.25) is 14.2 Å². The second kappa shape index (κ2) is 6.92. The second-order valence-electron chi connectivity index (χ2n) is 6.88. The maximum atomic E-state index is 13.0. The fourth-order valence-electron chi connectivity index (χ4n) is 4.06. The number of carbonyl (C=O) groups is 1. The summed E-state index contributed by atoms with van der Waals surface area (Å²) in [7, 11) is 1.56. The van der Waals surface area contributed by atoms with Crippen LogP contribution < -0.4 is 20.9 Å². The topological polar surface area (TPSA) is 85.3 Å². The van der Waals surface area contributed by atoms with E-state index in [1.807, 2.05) is 12.1 Å². The first-order chi connectivity index (χ1) is 12.7. The Morgan fingerprint density at radius 3 is 3.00 bits per heavy atom. The van der Waals surface area contributed by atoms with E-state index in [4.69, 9.17) is 4.74 Å². The van der Waals surface area contributed by atoms with E-state index in [9.17, 15) is 9.59 Å².